The van der Waals surface area contributed by atoms with E-state index in [-0.39, 0.29) is 11.7 Å². The lowest BCUT2D eigenvalue weighted by Crippen LogP contribution is -2.34. The van der Waals surface area contributed by atoms with Gasteiger partial charge in [0.05, 0.1) is 12.7 Å². The summed E-state index contributed by atoms with van der Waals surface area (Å²) in [5.41, 5.74) is 0.306. The molecule has 0 N–H and O–H groups in total. The van der Waals surface area contributed by atoms with Crippen LogP contribution in [0.3, 0.4) is 0 Å². The molecule has 1 atom stereocenters. The van der Waals surface area contributed by atoms with Crippen molar-refractivity contribution in [2.45, 2.75) is 25.3 Å². The van der Waals surface area contributed by atoms with Crippen molar-refractivity contribution in [3.8, 4) is 5.75 Å². The number of hydrogen-bond acceptors (Lipinski definition) is 3. The maximum atomic E-state index is 13.7. The number of halogens is 1. The van der Waals surface area contributed by atoms with Gasteiger partial charge in [0, 0.05) is 19.1 Å². The summed E-state index contributed by atoms with van der Waals surface area (Å²) in [6.45, 7) is 1.41. The first kappa shape index (κ1) is 15.8. The largest absolute Gasteiger partial charge is 0.493 e. The topological polar surface area (TPSA) is 32.8 Å². The third kappa shape index (κ3) is 3.53. The van der Waals surface area contributed by atoms with Crippen LogP contribution in [0.1, 0.15) is 29.6 Å². The molecule has 1 aliphatic heterocycles. The van der Waals surface area contributed by atoms with E-state index >= 15 is 0 Å². The van der Waals surface area contributed by atoms with Crippen LogP contribution in [0.15, 0.2) is 18.2 Å². The fourth-order valence-corrected chi connectivity index (χ4v) is 2.85. The number of hydrogen-bond donors (Lipinski definition) is 0. The summed E-state index contributed by atoms with van der Waals surface area (Å²) >= 11 is 0. The van der Waals surface area contributed by atoms with E-state index in [4.69, 9.17) is 4.74 Å². The third-order valence-corrected chi connectivity index (χ3v) is 4.12. The minimum absolute atomic E-state index is 0.0379. The molecule has 1 aromatic carbocycles. The highest BCUT2D eigenvalue weighted by Crippen LogP contribution is 2.25. The van der Waals surface area contributed by atoms with E-state index in [1.165, 1.54) is 13.2 Å². The predicted octanol–water partition coefficient (Wildman–Crippen LogP) is 2.39. The monoisotopic (exact) mass is 294 g/mol. The number of benzene rings is 1. The van der Waals surface area contributed by atoms with Gasteiger partial charge in [0.1, 0.15) is 0 Å². The zero-order chi connectivity index (χ0) is 15.4. The van der Waals surface area contributed by atoms with Gasteiger partial charge in [-0.15, -0.1) is 0 Å². The second kappa shape index (κ2) is 6.89. The first-order chi connectivity index (χ1) is 10.0. The Morgan fingerprint density at radius 3 is 2.76 bits per heavy atom. The summed E-state index contributed by atoms with van der Waals surface area (Å²) in [6.07, 6.45) is 2.99. The van der Waals surface area contributed by atoms with Crippen molar-refractivity contribution in [1.29, 1.82) is 0 Å². The van der Waals surface area contributed by atoms with Crippen LogP contribution in [-0.4, -0.2) is 56.0 Å². The van der Waals surface area contributed by atoms with Gasteiger partial charge in [0.25, 0.3) is 5.91 Å². The van der Waals surface area contributed by atoms with Crippen LogP contribution < -0.4 is 4.74 Å². The van der Waals surface area contributed by atoms with Crippen molar-refractivity contribution >= 4 is 5.91 Å². The molecule has 2 rings (SSSR count). The molecule has 1 fully saturated rings. The highest BCUT2D eigenvalue weighted by Gasteiger charge is 2.25. The van der Waals surface area contributed by atoms with E-state index in [2.05, 4.69) is 19.0 Å². The first-order valence-electron chi connectivity index (χ1n) is 7.32. The molecule has 0 radical (unpaired) electrons. The van der Waals surface area contributed by atoms with E-state index in [1.54, 1.807) is 17.0 Å². The van der Waals surface area contributed by atoms with E-state index in [0.29, 0.717) is 24.7 Å². The molecule has 0 aromatic heterocycles. The quantitative estimate of drug-likeness (QED) is 0.858. The minimum atomic E-state index is -0.496. The Labute approximate surface area is 125 Å². The number of methoxy groups -OCH3 is 1. The Kier molecular flexibility index (Phi) is 5.17. The van der Waals surface area contributed by atoms with Gasteiger partial charge in [-0.05, 0) is 45.5 Å². The van der Waals surface area contributed by atoms with Crippen LogP contribution in [0, 0.1) is 5.82 Å². The first-order valence-corrected chi connectivity index (χ1v) is 7.32. The van der Waals surface area contributed by atoms with Crippen LogP contribution in [0.25, 0.3) is 0 Å². The lowest BCUT2D eigenvalue weighted by Gasteiger charge is -2.24. The van der Waals surface area contributed by atoms with E-state index in [1.807, 2.05) is 0 Å². The standard InChI is InChI=1S/C16H23FN2O2/c1-18(2)12-6-5-10-19(11-9-12)16(20)13-7-4-8-14(17)15(13)21-3/h4,7-8,12H,5-6,9-11H2,1-3H3/t12-/m1/s1. The smallest absolute Gasteiger partial charge is 0.257 e. The molecule has 1 heterocycles. The molecule has 0 bridgehead atoms. The summed E-state index contributed by atoms with van der Waals surface area (Å²) in [7, 11) is 5.52. The van der Waals surface area contributed by atoms with Gasteiger partial charge < -0.3 is 14.5 Å². The number of carbonyl (C=O) groups is 1. The van der Waals surface area contributed by atoms with Gasteiger partial charge in [-0.1, -0.05) is 6.07 Å². The molecule has 5 heteroatoms. The SMILES string of the molecule is COc1c(F)cccc1C(=O)N1CCC[C@@H](N(C)C)CC1. The van der Waals surface area contributed by atoms with Crippen LogP contribution >= 0.6 is 0 Å². The molecule has 116 valence electrons. The van der Waals surface area contributed by atoms with E-state index < -0.39 is 5.82 Å². The fourth-order valence-electron chi connectivity index (χ4n) is 2.85. The number of amides is 1. The van der Waals surface area contributed by atoms with Crippen LogP contribution in [0.5, 0.6) is 5.75 Å². The third-order valence-electron chi connectivity index (χ3n) is 4.12. The van der Waals surface area contributed by atoms with Crippen molar-refractivity contribution in [1.82, 2.24) is 9.80 Å². The molecule has 1 aliphatic rings. The molecular weight excluding hydrogens is 271 g/mol. The molecule has 0 unspecified atom stereocenters. The lowest BCUT2D eigenvalue weighted by atomic mass is 10.1. The van der Waals surface area contributed by atoms with Crippen molar-refractivity contribution in [3.05, 3.63) is 29.6 Å². The summed E-state index contributed by atoms with van der Waals surface area (Å²) in [4.78, 5) is 16.6. The van der Waals surface area contributed by atoms with Gasteiger partial charge in [-0.25, -0.2) is 4.39 Å². The average Bonchev–Trinajstić information content (AvgIpc) is 2.72. The maximum Gasteiger partial charge on any atom is 0.257 e. The van der Waals surface area contributed by atoms with Crippen molar-refractivity contribution in [2.75, 3.05) is 34.3 Å². The highest BCUT2D eigenvalue weighted by molar-refractivity contribution is 5.97. The number of carbonyl (C=O) groups excluding carboxylic acids is 1. The molecule has 21 heavy (non-hydrogen) atoms. The molecule has 4 nitrogen and oxygen atoms in total. The van der Waals surface area contributed by atoms with Crippen molar-refractivity contribution in [3.63, 3.8) is 0 Å². The highest BCUT2D eigenvalue weighted by atomic mass is 19.1. The van der Waals surface area contributed by atoms with Crippen molar-refractivity contribution < 1.29 is 13.9 Å². The average molecular weight is 294 g/mol. The second-order valence-corrected chi connectivity index (χ2v) is 5.66. The Morgan fingerprint density at radius 1 is 1.33 bits per heavy atom. The molecule has 1 saturated heterocycles. The van der Waals surface area contributed by atoms with Gasteiger partial charge >= 0.3 is 0 Å². The number of nitrogens with zero attached hydrogens (tertiary/aromatic N) is 2. The molecular formula is C16H23FN2O2. The fraction of sp³-hybridized carbons (Fsp3) is 0.562. The van der Waals surface area contributed by atoms with Gasteiger partial charge in [0.2, 0.25) is 0 Å². The zero-order valence-electron chi connectivity index (χ0n) is 12.9. The molecule has 0 spiro atoms. The Hall–Kier alpha value is -1.62. The number of rotatable bonds is 3. The van der Waals surface area contributed by atoms with Gasteiger partial charge in [-0.2, -0.15) is 0 Å². The molecule has 0 saturated carbocycles. The molecule has 1 amide bonds. The zero-order valence-corrected chi connectivity index (χ0v) is 12.9. The van der Waals surface area contributed by atoms with E-state index in [9.17, 15) is 9.18 Å². The summed E-state index contributed by atoms with van der Waals surface area (Å²) in [5, 5.41) is 0. The normalized spacial score (nSPS) is 19.5. The molecule has 0 aliphatic carbocycles. The Bertz CT molecular complexity index is 505. The summed E-state index contributed by atoms with van der Waals surface area (Å²) in [6, 6.07) is 4.97. The maximum absolute atomic E-state index is 13.7. The number of ether oxygens (including phenoxy) is 1. The van der Waals surface area contributed by atoms with Crippen LogP contribution in [-0.2, 0) is 0 Å². The van der Waals surface area contributed by atoms with Crippen LogP contribution in [0.4, 0.5) is 4.39 Å². The van der Waals surface area contributed by atoms with Crippen LogP contribution in [0.2, 0.25) is 0 Å². The minimum Gasteiger partial charge on any atom is -0.493 e. The summed E-state index contributed by atoms with van der Waals surface area (Å²) in [5.74, 6) is -0.606. The van der Waals surface area contributed by atoms with Gasteiger partial charge in [-0.3, -0.25) is 4.79 Å². The number of likely N-dealkylation sites (tertiary alicyclic amines) is 1. The Balaban J connectivity index is 2.15. The lowest BCUT2D eigenvalue weighted by molar-refractivity contribution is 0.0754. The number of para-hydroxylation sites is 1. The second-order valence-electron chi connectivity index (χ2n) is 5.66. The summed E-state index contributed by atoms with van der Waals surface area (Å²) < 4.78 is 18.8. The van der Waals surface area contributed by atoms with Crippen molar-refractivity contribution in [2.24, 2.45) is 0 Å². The predicted molar refractivity (Wildman–Crippen MR) is 80.2 cm³/mol. The Morgan fingerprint density at radius 2 is 2.10 bits per heavy atom. The van der Waals surface area contributed by atoms with E-state index in [0.717, 1.165) is 19.3 Å². The van der Waals surface area contributed by atoms with Gasteiger partial charge in [0.15, 0.2) is 11.6 Å². The molecule has 1 aromatic rings.